The van der Waals surface area contributed by atoms with E-state index in [9.17, 15) is 9.90 Å². The van der Waals surface area contributed by atoms with Crippen molar-refractivity contribution in [3.8, 4) is 5.75 Å². The summed E-state index contributed by atoms with van der Waals surface area (Å²) in [6.07, 6.45) is 1.43. The highest BCUT2D eigenvalue weighted by Gasteiger charge is 2.09. The molecule has 98 valence electrons. The van der Waals surface area contributed by atoms with Gasteiger partial charge >= 0.3 is 5.97 Å². The van der Waals surface area contributed by atoms with Crippen LogP contribution in [0.5, 0.6) is 5.75 Å². The molecule has 2 aromatic rings. The van der Waals surface area contributed by atoms with Gasteiger partial charge in [0, 0.05) is 11.8 Å². The van der Waals surface area contributed by atoms with E-state index in [-0.39, 0.29) is 11.3 Å². The first-order valence-corrected chi connectivity index (χ1v) is 5.57. The number of carbonyl (C=O) groups excluding carboxylic acids is 1. The number of hydrogen-bond acceptors (Lipinski definition) is 6. The van der Waals surface area contributed by atoms with Crippen LogP contribution in [0.2, 0.25) is 0 Å². The van der Waals surface area contributed by atoms with Gasteiger partial charge in [-0.3, -0.25) is 0 Å². The monoisotopic (exact) mass is 259 g/mol. The molecule has 0 spiro atoms. The SMILES string of the molecule is COC(=O)c1ccc(Nc2cc(C)ncn2)c(O)c1. The molecule has 1 heterocycles. The maximum atomic E-state index is 11.3. The van der Waals surface area contributed by atoms with Crippen LogP contribution in [-0.2, 0) is 4.74 Å². The lowest BCUT2D eigenvalue weighted by Gasteiger charge is -2.09. The number of phenols is 1. The van der Waals surface area contributed by atoms with E-state index in [1.165, 1.54) is 19.5 Å². The number of carbonyl (C=O) groups is 1. The second-order valence-corrected chi connectivity index (χ2v) is 3.89. The molecule has 2 N–H and O–H groups in total. The van der Waals surface area contributed by atoms with E-state index >= 15 is 0 Å². The Kier molecular flexibility index (Phi) is 3.61. The number of ether oxygens (including phenoxy) is 1. The van der Waals surface area contributed by atoms with Crippen molar-refractivity contribution in [1.82, 2.24) is 9.97 Å². The van der Waals surface area contributed by atoms with Gasteiger partial charge in [0.25, 0.3) is 0 Å². The van der Waals surface area contributed by atoms with Crippen molar-refractivity contribution in [3.05, 3.63) is 41.9 Å². The number of aromatic hydroxyl groups is 1. The topological polar surface area (TPSA) is 84.3 Å². The molecule has 0 radical (unpaired) electrons. The van der Waals surface area contributed by atoms with Gasteiger partial charge in [0.05, 0.1) is 18.4 Å². The van der Waals surface area contributed by atoms with Gasteiger partial charge in [-0.05, 0) is 25.1 Å². The molecule has 0 aliphatic heterocycles. The van der Waals surface area contributed by atoms with Crippen molar-refractivity contribution in [1.29, 1.82) is 0 Å². The van der Waals surface area contributed by atoms with Crippen molar-refractivity contribution in [2.24, 2.45) is 0 Å². The summed E-state index contributed by atoms with van der Waals surface area (Å²) in [7, 11) is 1.29. The predicted octanol–water partition coefficient (Wildman–Crippen LogP) is 2.02. The number of hydrogen-bond donors (Lipinski definition) is 2. The highest BCUT2D eigenvalue weighted by atomic mass is 16.5. The number of anilines is 2. The Morgan fingerprint density at radius 2 is 2.11 bits per heavy atom. The fourth-order valence-electron chi connectivity index (χ4n) is 1.54. The molecule has 19 heavy (non-hydrogen) atoms. The highest BCUT2D eigenvalue weighted by molar-refractivity contribution is 5.90. The molecule has 0 saturated carbocycles. The first-order valence-electron chi connectivity index (χ1n) is 5.57. The first kappa shape index (κ1) is 12.8. The van der Waals surface area contributed by atoms with Crippen molar-refractivity contribution < 1.29 is 14.6 Å². The average molecular weight is 259 g/mol. The van der Waals surface area contributed by atoms with Gasteiger partial charge in [-0.1, -0.05) is 0 Å². The van der Waals surface area contributed by atoms with Crippen molar-refractivity contribution >= 4 is 17.5 Å². The molecule has 1 aromatic heterocycles. The molecule has 0 unspecified atom stereocenters. The van der Waals surface area contributed by atoms with Crippen LogP contribution in [0, 0.1) is 6.92 Å². The Hall–Kier alpha value is -2.63. The maximum Gasteiger partial charge on any atom is 0.337 e. The van der Waals surface area contributed by atoms with Gasteiger partial charge in [-0.25, -0.2) is 14.8 Å². The fraction of sp³-hybridized carbons (Fsp3) is 0.154. The standard InChI is InChI=1S/C13H13N3O3/c1-8-5-12(15-7-14-8)16-10-4-3-9(6-11(10)17)13(18)19-2/h3-7,17H,1-2H3,(H,14,15,16). The van der Waals surface area contributed by atoms with Crippen LogP contribution in [0.25, 0.3) is 0 Å². The molecule has 0 amide bonds. The third-order valence-corrected chi connectivity index (χ3v) is 2.49. The number of benzene rings is 1. The first-order chi connectivity index (χ1) is 9.10. The maximum absolute atomic E-state index is 11.3. The third kappa shape index (κ3) is 2.98. The number of aromatic nitrogens is 2. The summed E-state index contributed by atoms with van der Waals surface area (Å²) in [5.41, 5.74) is 1.54. The minimum atomic E-state index is -0.500. The zero-order valence-corrected chi connectivity index (χ0v) is 10.5. The largest absolute Gasteiger partial charge is 0.506 e. The lowest BCUT2D eigenvalue weighted by Crippen LogP contribution is -2.02. The Morgan fingerprint density at radius 1 is 1.32 bits per heavy atom. The van der Waals surface area contributed by atoms with Crippen LogP contribution >= 0.6 is 0 Å². The molecule has 0 atom stereocenters. The summed E-state index contributed by atoms with van der Waals surface area (Å²) in [5.74, 6) is 0.00696. The van der Waals surface area contributed by atoms with Gasteiger partial charge in [0.1, 0.15) is 17.9 Å². The van der Waals surface area contributed by atoms with E-state index in [4.69, 9.17) is 0 Å². The lowest BCUT2D eigenvalue weighted by atomic mass is 10.2. The molecular weight excluding hydrogens is 246 g/mol. The Morgan fingerprint density at radius 3 is 2.74 bits per heavy atom. The van der Waals surface area contributed by atoms with E-state index in [0.717, 1.165) is 5.69 Å². The molecule has 0 bridgehead atoms. The Balaban J connectivity index is 2.24. The van der Waals surface area contributed by atoms with Crippen LogP contribution in [0.3, 0.4) is 0 Å². The zero-order chi connectivity index (χ0) is 13.8. The van der Waals surface area contributed by atoms with Crippen molar-refractivity contribution in [2.45, 2.75) is 6.92 Å². The molecule has 2 rings (SSSR count). The molecule has 6 nitrogen and oxygen atoms in total. The summed E-state index contributed by atoms with van der Waals surface area (Å²) in [6.45, 7) is 1.84. The summed E-state index contributed by atoms with van der Waals surface area (Å²) >= 11 is 0. The smallest absolute Gasteiger partial charge is 0.337 e. The van der Waals surface area contributed by atoms with E-state index in [1.54, 1.807) is 18.2 Å². The van der Waals surface area contributed by atoms with Crippen LogP contribution in [0.15, 0.2) is 30.6 Å². The van der Waals surface area contributed by atoms with E-state index in [1.807, 2.05) is 6.92 Å². The second kappa shape index (κ2) is 5.34. The van der Waals surface area contributed by atoms with Gasteiger partial charge in [-0.2, -0.15) is 0 Å². The van der Waals surface area contributed by atoms with Crippen molar-refractivity contribution in [3.63, 3.8) is 0 Å². The fourth-order valence-corrected chi connectivity index (χ4v) is 1.54. The highest BCUT2D eigenvalue weighted by Crippen LogP contribution is 2.27. The Labute approximate surface area is 110 Å². The van der Waals surface area contributed by atoms with E-state index in [0.29, 0.717) is 11.5 Å². The third-order valence-electron chi connectivity index (χ3n) is 2.49. The zero-order valence-electron chi connectivity index (χ0n) is 10.5. The summed E-state index contributed by atoms with van der Waals surface area (Å²) < 4.78 is 4.57. The van der Waals surface area contributed by atoms with Crippen LogP contribution in [-0.4, -0.2) is 28.2 Å². The number of methoxy groups -OCH3 is 1. The molecule has 0 saturated heterocycles. The van der Waals surface area contributed by atoms with Crippen LogP contribution in [0.4, 0.5) is 11.5 Å². The summed E-state index contributed by atoms with van der Waals surface area (Å²) in [4.78, 5) is 19.3. The molecule has 6 heteroatoms. The molecule has 1 aromatic carbocycles. The van der Waals surface area contributed by atoms with Gasteiger partial charge in [-0.15, -0.1) is 0 Å². The molecular formula is C13H13N3O3. The number of rotatable bonds is 3. The van der Waals surface area contributed by atoms with E-state index < -0.39 is 5.97 Å². The van der Waals surface area contributed by atoms with Crippen molar-refractivity contribution in [2.75, 3.05) is 12.4 Å². The second-order valence-electron chi connectivity index (χ2n) is 3.89. The average Bonchev–Trinajstić information content (AvgIpc) is 2.40. The number of nitrogens with one attached hydrogen (secondary N) is 1. The van der Waals surface area contributed by atoms with Gasteiger partial charge in [0.2, 0.25) is 0 Å². The number of phenolic OH excluding ortho intramolecular Hbond substituents is 1. The lowest BCUT2D eigenvalue weighted by molar-refractivity contribution is 0.0600. The number of nitrogens with zero attached hydrogens (tertiary/aromatic N) is 2. The molecule has 0 aliphatic rings. The minimum absolute atomic E-state index is 0.0563. The van der Waals surface area contributed by atoms with Crippen LogP contribution < -0.4 is 5.32 Å². The van der Waals surface area contributed by atoms with E-state index in [2.05, 4.69) is 20.0 Å². The quantitative estimate of drug-likeness (QED) is 0.648. The number of aryl methyl sites for hydroxylation is 1. The normalized spacial score (nSPS) is 10.0. The minimum Gasteiger partial charge on any atom is -0.506 e. The van der Waals surface area contributed by atoms with Crippen LogP contribution in [0.1, 0.15) is 16.1 Å². The summed E-state index contributed by atoms with van der Waals surface area (Å²) in [5, 5.41) is 12.8. The predicted molar refractivity (Wildman–Crippen MR) is 69.5 cm³/mol. The van der Waals surface area contributed by atoms with Gasteiger partial charge in [0.15, 0.2) is 0 Å². The number of esters is 1. The molecule has 0 fully saturated rings. The van der Waals surface area contributed by atoms with Gasteiger partial charge < -0.3 is 15.2 Å². The summed E-state index contributed by atoms with van der Waals surface area (Å²) in [6, 6.07) is 6.22. The molecule has 0 aliphatic carbocycles. The Bertz CT molecular complexity index is 614.